The van der Waals surface area contributed by atoms with Gasteiger partial charge in [0.15, 0.2) is 23.2 Å². The zero-order valence-corrected chi connectivity index (χ0v) is 15.1. The van der Waals surface area contributed by atoms with Crippen LogP contribution in [0.25, 0.3) is 11.6 Å². The van der Waals surface area contributed by atoms with Crippen molar-refractivity contribution in [3.8, 4) is 17.4 Å². The van der Waals surface area contributed by atoms with Crippen molar-refractivity contribution in [3.63, 3.8) is 0 Å². The molecule has 8 heteroatoms. The molecule has 1 saturated heterocycles. The first-order valence-corrected chi connectivity index (χ1v) is 9.10. The Balaban J connectivity index is 1.54. The number of nitrogens with zero attached hydrogens (tertiary/aromatic N) is 5. The average molecular weight is 381 g/mol. The maximum absolute atomic E-state index is 14.1. The van der Waals surface area contributed by atoms with E-state index in [1.165, 1.54) is 13.2 Å². The lowest BCUT2D eigenvalue weighted by Crippen LogP contribution is -2.38. The highest BCUT2D eigenvalue weighted by Gasteiger charge is 2.41. The topological polar surface area (TPSA) is 64.0 Å². The van der Waals surface area contributed by atoms with E-state index in [0.717, 1.165) is 24.1 Å². The summed E-state index contributed by atoms with van der Waals surface area (Å²) < 4.78 is 32.9. The van der Waals surface area contributed by atoms with Crippen LogP contribution < -0.4 is 9.64 Å². The molecule has 2 atom stereocenters. The molecule has 0 saturated carbocycles. The minimum Gasteiger partial charge on any atom is -0.493 e. The molecule has 4 heterocycles. The van der Waals surface area contributed by atoms with E-state index in [2.05, 4.69) is 19.9 Å². The van der Waals surface area contributed by atoms with Gasteiger partial charge in [-0.15, -0.1) is 0 Å². The number of ether oxygens (including phenoxy) is 1. The van der Waals surface area contributed by atoms with Gasteiger partial charge in [-0.1, -0.05) is 0 Å². The number of fused-ring (bicyclic) bond motifs is 4. The number of benzene rings is 1. The van der Waals surface area contributed by atoms with Crippen molar-refractivity contribution in [2.45, 2.75) is 31.3 Å². The Morgan fingerprint density at radius 2 is 1.89 bits per heavy atom. The second kappa shape index (κ2) is 6.47. The van der Waals surface area contributed by atoms with Crippen LogP contribution in [0.15, 0.2) is 36.8 Å². The predicted octanol–water partition coefficient (Wildman–Crippen LogP) is 3.49. The summed E-state index contributed by atoms with van der Waals surface area (Å²) in [5.41, 5.74) is 2.59. The third kappa shape index (κ3) is 2.59. The fraction of sp³-hybridized carbons (Fsp3) is 0.300. The molecule has 2 aromatic heterocycles. The summed E-state index contributed by atoms with van der Waals surface area (Å²) >= 11 is 0. The summed E-state index contributed by atoms with van der Waals surface area (Å²) in [6, 6.07) is 4.72. The molecule has 2 bridgehead atoms. The van der Waals surface area contributed by atoms with Gasteiger partial charge in [0.2, 0.25) is 5.82 Å². The van der Waals surface area contributed by atoms with Crippen molar-refractivity contribution in [3.05, 3.63) is 59.7 Å². The van der Waals surface area contributed by atoms with Gasteiger partial charge in [0.25, 0.3) is 0 Å². The van der Waals surface area contributed by atoms with Crippen LogP contribution in [0.4, 0.5) is 14.5 Å². The van der Waals surface area contributed by atoms with Crippen LogP contribution in [0.1, 0.15) is 30.1 Å². The molecule has 0 spiro atoms. The van der Waals surface area contributed by atoms with Gasteiger partial charge in [0.05, 0.1) is 18.8 Å². The van der Waals surface area contributed by atoms with Crippen molar-refractivity contribution >= 4 is 5.69 Å². The standard InChI is InChI=1S/C20H17F2N5O/c1-28-17-9-12(7-14(21)18(17)22)27-11-3-4-16(27)13-10-25-20(26-15(13)8-11)19-23-5-2-6-24-19/h2,5-7,9-11,16H,3-4,8H2,1H3/t11-,16+/m0/s1. The van der Waals surface area contributed by atoms with Crippen LogP contribution in [0.2, 0.25) is 0 Å². The maximum atomic E-state index is 14.1. The van der Waals surface area contributed by atoms with Gasteiger partial charge in [-0.05, 0) is 18.9 Å². The number of halogens is 2. The summed E-state index contributed by atoms with van der Waals surface area (Å²) in [7, 11) is 1.34. The Bertz CT molecular complexity index is 1050. The molecule has 3 aromatic rings. The highest BCUT2D eigenvalue weighted by molar-refractivity contribution is 5.58. The molecule has 1 aromatic carbocycles. The van der Waals surface area contributed by atoms with Gasteiger partial charge in [-0.25, -0.2) is 24.3 Å². The normalized spacial score (nSPS) is 20.2. The summed E-state index contributed by atoms with van der Waals surface area (Å²) in [5, 5.41) is 0. The van der Waals surface area contributed by atoms with Crippen LogP contribution in [-0.4, -0.2) is 33.1 Å². The molecule has 28 heavy (non-hydrogen) atoms. The molecule has 2 aliphatic heterocycles. The SMILES string of the molecule is COc1cc(N2[C@H]3CC[C@@H]2c2cnc(-c4ncccn4)nc2C3)cc(F)c1F. The lowest BCUT2D eigenvalue weighted by Gasteiger charge is -2.37. The van der Waals surface area contributed by atoms with Crippen LogP contribution in [0, 0.1) is 11.6 Å². The second-order valence-electron chi connectivity index (χ2n) is 6.97. The summed E-state index contributed by atoms with van der Waals surface area (Å²) in [6.07, 6.45) is 7.68. The van der Waals surface area contributed by atoms with E-state index in [-0.39, 0.29) is 17.8 Å². The third-order valence-electron chi connectivity index (χ3n) is 5.45. The number of methoxy groups -OCH3 is 1. The number of hydrogen-bond donors (Lipinski definition) is 0. The molecule has 0 unspecified atom stereocenters. The van der Waals surface area contributed by atoms with Gasteiger partial charge in [-0.2, -0.15) is 4.39 Å². The maximum Gasteiger partial charge on any atom is 0.200 e. The first-order valence-electron chi connectivity index (χ1n) is 9.10. The lowest BCUT2D eigenvalue weighted by molar-refractivity contribution is 0.371. The van der Waals surface area contributed by atoms with Crippen molar-refractivity contribution in [2.75, 3.05) is 12.0 Å². The highest BCUT2D eigenvalue weighted by Crippen LogP contribution is 2.46. The van der Waals surface area contributed by atoms with Gasteiger partial charge in [-0.3, -0.25) is 0 Å². The minimum absolute atomic E-state index is 0.0223. The molecule has 0 N–H and O–H groups in total. The zero-order valence-electron chi connectivity index (χ0n) is 15.1. The van der Waals surface area contributed by atoms with E-state index < -0.39 is 11.6 Å². The number of hydrogen-bond acceptors (Lipinski definition) is 6. The molecular weight excluding hydrogens is 364 g/mol. The number of aromatic nitrogens is 4. The van der Waals surface area contributed by atoms with Crippen LogP contribution in [0.3, 0.4) is 0 Å². The van der Waals surface area contributed by atoms with E-state index in [4.69, 9.17) is 9.72 Å². The van der Waals surface area contributed by atoms with Crippen LogP contribution >= 0.6 is 0 Å². The summed E-state index contributed by atoms with van der Waals surface area (Å²) in [5.74, 6) is -0.973. The Hall–Kier alpha value is -3.16. The van der Waals surface area contributed by atoms with Crippen LogP contribution in [0.5, 0.6) is 5.75 Å². The number of anilines is 1. The Morgan fingerprint density at radius 3 is 2.68 bits per heavy atom. The van der Waals surface area contributed by atoms with Gasteiger partial charge < -0.3 is 9.64 Å². The largest absolute Gasteiger partial charge is 0.493 e. The smallest absolute Gasteiger partial charge is 0.200 e. The van der Waals surface area contributed by atoms with Gasteiger partial charge >= 0.3 is 0 Å². The third-order valence-corrected chi connectivity index (χ3v) is 5.45. The Kier molecular flexibility index (Phi) is 3.92. The molecule has 142 valence electrons. The van der Waals surface area contributed by atoms with Crippen LogP contribution in [-0.2, 0) is 6.42 Å². The predicted molar refractivity (Wildman–Crippen MR) is 97.9 cm³/mol. The van der Waals surface area contributed by atoms with E-state index in [0.29, 0.717) is 23.8 Å². The summed E-state index contributed by atoms with van der Waals surface area (Å²) in [6.45, 7) is 0. The van der Waals surface area contributed by atoms with Crippen molar-refractivity contribution in [1.82, 2.24) is 19.9 Å². The van der Waals surface area contributed by atoms with Gasteiger partial charge in [0, 0.05) is 54.4 Å². The molecule has 0 radical (unpaired) electrons. The molecule has 2 aliphatic rings. The quantitative estimate of drug-likeness (QED) is 0.692. The van der Waals surface area contributed by atoms with Crippen molar-refractivity contribution in [2.24, 2.45) is 0 Å². The monoisotopic (exact) mass is 381 g/mol. The molecule has 0 aliphatic carbocycles. The Morgan fingerprint density at radius 1 is 1.07 bits per heavy atom. The minimum atomic E-state index is -0.966. The average Bonchev–Trinajstić information content (AvgIpc) is 3.05. The molecule has 1 fully saturated rings. The molecule has 0 amide bonds. The molecular formula is C20H17F2N5O. The fourth-order valence-corrected chi connectivity index (χ4v) is 4.24. The second-order valence-corrected chi connectivity index (χ2v) is 6.97. The van der Waals surface area contributed by atoms with E-state index in [1.807, 2.05) is 6.20 Å². The zero-order chi connectivity index (χ0) is 19.3. The van der Waals surface area contributed by atoms with E-state index in [9.17, 15) is 8.78 Å². The molecule has 5 rings (SSSR count). The van der Waals surface area contributed by atoms with Gasteiger partial charge in [0.1, 0.15) is 0 Å². The fourth-order valence-electron chi connectivity index (χ4n) is 4.24. The van der Waals surface area contributed by atoms with Crippen molar-refractivity contribution in [1.29, 1.82) is 0 Å². The van der Waals surface area contributed by atoms with Crippen molar-refractivity contribution < 1.29 is 13.5 Å². The number of rotatable bonds is 3. The highest BCUT2D eigenvalue weighted by atomic mass is 19.2. The first-order chi connectivity index (χ1) is 13.7. The van der Waals surface area contributed by atoms with E-state index in [1.54, 1.807) is 24.5 Å². The Labute approximate surface area is 160 Å². The first kappa shape index (κ1) is 17.0. The van der Waals surface area contributed by atoms with E-state index >= 15 is 0 Å². The summed E-state index contributed by atoms with van der Waals surface area (Å²) in [4.78, 5) is 19.7. The molecule has 6 nitrogen and oxygen atoms in total. The lowest BCUT2D eigenvalue weighted by atomic mass is 9.98.